The van der Waals surface area contributed by atoms with Gasteiger partial charge in [-0.15, -0.1) is 0 Å². The second-order valence-electron chi connectivity index (χ2n) is 9.45. The first-order chi connectivity index (χ1) is 18.1. The number of aromatic nitrogens is 1. The number of aliphatic imine (C=N–C) groups is 1. The van der Waals surface area contributed by atoms with E-state index in [-0.39, 0.29) is 17.9 Å². The van der Waals surface area contributed by atoms with Crippen molar-refractivity contribution in [3.05, 3.63) is 82.6 Å². The van der Waals surface area contributed by atoms with Crippen LogP contribution in [0.4, 0.5) is 33.3 Å². The van der Waals surface area contributed by atoms with Gasteiger partial charge in [0.2, 0.25) is 5.88 Å². The van der Waals surface area contributed by atoms with Crippen molar-refractivity contribution in [1.82, 2.24) is 4.98 Å². The topological polar surface area (TPSA) is 41.0 Å². The maximum atomic E-state index is 14.5. The molecule has 1 fully saturated rings. The minimum absolute atomic E-state index is 0.0801. The van der Waals surface area contributed by atoms with Crippen molar-refractivity contribution in [2.45, 2.75) is 38.4 Å². The van der Waals surface area contributed by atoms with Gasteiger partial charge in [0.1, 0.15) is 17.2 Å². The smallest absolute Gasteiger partial charge is 0.421 e. The summed E-state index contributed by atoms with van der Waals surface area (Å²) in [5.41, 5.74) is 3.02. The Morgan fingerprint density at radius 1 is 1.03 bits per heavy atom. The van der Waals surface area contributed by atoms with E-state index < -0.39 is 29.3 Å². The van der Waals surface area contributed by atoms with Crippen LogP contribution in [0.25, 0.3) is 5.70 Å². The summed E-state index contributed by atoms with van der Waals surface area (Å²) in [5.74, 6) is -1.72. The first-order valence-corrected chi connectivity index (χ1v) is 12.1. The van der Waals surface area contributed by atoms with Crippen LogP contribution in [0.2, 0.25) is 0 Å². The molecule has 5 nitrogen and oxygen atoms in total. The third kappa shape index (κ3) is 5.07. The highest BCUT2D eigenvalue weighted by atomic mass is 19.4. The molecule has 2 heterocycles. The van der Waals surface area contributed by atoms with E-state index in [9.17, 15) is 22.0 Å². The number of hydrogen-bond donors (Lipinski definition) is 0. The van der Waals surface area contributed by atoms with E-state index in [1.54, 1.807) is 42.4 Å². The lowest BCUT2D eigenvalue weighted by Crippen LogP contribution is -2.26. The summed E-state index contributed by atoms with van der Waals surface area (Å²) in [6.45, 7) is 0.0801. The van der Waals surface area contributed by atoms with Crippen molar-refractivity contribution in [2.75, 3.05) is 23.9 Å². The molecule has 38 heavy (non-hydrogen) atoms. The molecule has 5 rings (SSSR count). The number of fused-ring (bicyclic) bond motifs is 1. The van der Waals surface area contributed by atoms with E-state index >= 15 is 0 Å². The Morgan fingerprint density at radius 2 is 1.79 bits per heavy atom. The van der Waals surface area contributed by atoms with E-state index in [2.05, 4.69) is 9.98 Å². The summed E-state index contributed by atoms with van der Waals surface area (Å²) in [6.07, 6.45) is 1.99. The summed E-state index contributed by atoms with van der Waals surface area (Å²) >= 11 is 0. The Labute approximate surface area is 216 Å². The average Bonchev–Trinajstić information content (AvgIpc) is 3.40. The number of rotatable bonds is 5. The molecule has 10 heteroatoms. The molecule has 198 valence electrons. The lowest BCUT2D eigenvalue weighted by molar-refractivity contribution is -0.138. The number of alkyl halides is 3. The summed E-state index contributed by atoms with van der Waals surface area (Å²) in [4.78, 5) is 12.0. The maximum Gasteiger partial charge on any atom is 0.421 e. The van der Waals surface area contributed by atoms with E-state index in [4.69, 9.17) is 4.74 Å². The summed E-state index contributed by atoms with van der Waals surface area (Å²) in [7, 11) is 3.49. The minimum atomic E-state index is -4.65. The molecule has 0 N–H and O–H groups in total. The van der Waals surface area contributed by atoms with Crippen LogP contribution >= 0.6 is 0 Å². The predicted molar refractivity (Wildman–Crippen MR) is 137 cm³/mol. The van der Waals surface area contributed by atoms with Crippen LogP contribution in [0.15, 0.2) is 59.2 Å². The van der Waals surface area contributed by atoms with Gasteiger partial charge in [-0.1, -0.05) is 6.07 Å². The number of allylic oxidation sites excluding steroid dienone is 1. The number of benzene rings is 2. The van der Waals surface area contributed by atoms with Crippen LogP contribution in [0.1, 0.15) is 42.4 Å². The van der Waals surface area contributed by atoms with Crippen molar-refractivity contribution < 1.29 is 26.7 Å². The number of ether oxygens (including phenoxy) is 1. The maximum absolute atomic E-state index is 14.5. The van der Waals surface area contributed by atoms with Crippen molar-refractivity contribution >= 4 is 23.4 Å². The first kappa shape index (κ1) is 25.7. The molecule has 1 aliphatic carbocycles. The zero-order valence-electron chi connectivity index (χ0n) is 20.8. The van der Waals surface area contributed by atoms with Gasteiger partial charge in [0.15, 0.2) is 5.75 Å². The van der Waals surface area contributed by atoms with Gasteiger partial charge < -0.3 is 14.5 Å². The van der Waals surface area contributed by atoms with Crippen LogP contribution in [0, 0.1) is 11.6 Å². The Morgan fingerprint density at radius 3 is 2.47 bits per heavy atom. The average molecular weight is 529 g/mol. The highest BCUT2D eigenvalue weighted by molar-refractivity contribution is 5.97. The van der Waals surface area contributed by atoms with Crippen LogP contribution in [-0.2, 0) is 12.7 Å². The van der Waals surface area contributed by atoms with Crippen molar-refractivity contribution in [3.63, 3.8) is 0 Å². The predicted octanol–water partition coefficient (Wildman–Crippen LogP) is 7.57. The Balaban J connectivity index is 1.64. The zero-order chi connectivity index (χ0) is 27.0. The molecule has 1 aliphatic heterocycles. The molecular formula is C28H25F5N4O. The number of anilines is 2. The number of halogens is 5. The summed E-state index contributed by atoms with van der Waals surface area (Å²) in [5, 5.41) is 0. The largest absolute Gasteiger partial charge is 0.436 e. The van der Waals surface area contributed by atoms with Gasteiger partial charge in [-0.2, -0.15) is 13.2 Å². The lowest BCUT2D eigenvalue weighted by atomic mass is 9.99. The van der Waals surface area contributed by atoms with E-state index in [1.807, 2.05) is 0 Å². The fraction of sp³-hybridized carbons (Fsp3) is 0.286. The molecule has 0 radical (unpaired) electrons. The molecule has 0 amide bonds. The van der Waals surface area contributed by atoms with Crippen LogP contribution in [0.5, 0.6) is 11.6 Å². The van der Waals surface area contributed by atoms with Crippen molar-refractivity contribution in [3.8, 4) is 11.6 Å². The van der Waals surface area contributed by atoms with Crippen LogP contribution in [0.3, 0.4) is 0 Å². The van der Waals surface area contributed by atoms with Gasteiger partial charge in [-0.3, -0.25) is 0 Å². The Hall–Kier alpha value is -3.95. The van der Waals surface area contributed by atoms with E-state index in [0.717, 1.165) is 49.1 Å². The van der Waals surface area contributed by atoms with Crippen LogP contribution < -0.4 is 14.5 Å². The number of nitrogens with zero attached hydrogens (tertiary/aromatic N) is 4. The monoisotopic (exact) mass is 528 g/mol. The highest BCUT2D eigenvalue weighted by Crippen LogP contribution is 2.46. The van der Waals surface area contributed by atoms with Gasteiger partial charge in [0, 0.05) is 37.5 Å². The van der Waals surface area contributed by atoms with Gasteiger partial charge >= 0.3 is 6.18 Å². The molecule has 0 bridgehead atoms. The zero-order valence-corrected chi connectivity index (χ0v) is 20.8. The highest BCUT2D eigenvalue weighted by Gasteiger charge is 2.36. The minimum Gasteiger partial charge on any atom is -0.436 e. The molecule has 0 saturated heterocycles. The SMILES string of the molecule is CN(C)c1cc2c(cc1Oc1ncccc1C(F)(F)F)C(=C1CCCC1)N=CN2Cc1ccc(F)cc1F. The molecular weight excluding hydrogens is 503 g/mol. The molecule has 0 spiro atoms. The Kier molecular flexibility index (Phi) is 6.81. The third-order valence-corrected chi connectivity index (χ3v) is 6.63. The molecule has 2 aliphatic rings. The molecule has 1 saturated carbocycles. The van der Waals surface area contributed by atoms with Crippen molar-refractivity contribution in [2.24, 2.45) is 4.99 Å². The summed E-state index contributed by atoms with van der Waals surface area (Å²) in [6, 6.07) is 8.99. The lowest BCUT2D eigenvalue weighted by Gasteiger charge is -2.30. The van der Waals surface area contributed by atoms with Gasteiger partial charge in [-0.25, -0.2) is 18.8 Å². The molecule has 2 aromatic carbocycles. The molecule has 3 aromatic rings. The third-order valence-electron chi connectivity index (χ3n) is 6.63. The Bertz CT molecular complexity index is 1420. The second kappa shape index (κ2) is 10.1. The standard InChI is InChI=1S/C28H25F5N4O/c1-36(2)24-14-23-20(13-25(24)38-27-21(28(31,32)33)8-5-11-34-27)26(17-6-3-4-7-17)35-16-37(23)15-18-9-10-19(29)12-22(18)30/h5,8-14,16H,3-4,6-7,15H2,1-2H3. The fourth-order valence-electron chi connectivity index (χ4n) is 4.75. The number of hydrogen-bond acceptors (Lipinski definition) is 5. The first-order valence-electron chi connectivity index (χ1n) is 12.1. The van der Waals surface area contributed by atoms with Gasteiger partial charge in [0.05, 0.1) is 30.0 Å². The van der Waals surface area contributed by atoms with E-state index in [0.29, 0.717) is 16.9 Å². The number of pyridine rings is 1. The molecule has 1 aromatic heterocycles. The normalized spacial score (nSPS) is 15.2. The van der Waals surface area contributed by atoms with Gasteiger partial charge in [0.25, 0.3) is 0 Å². The molecule has 0 unspecified atom stereocenters. The van der Waals surface area contributed by atoms with E-state index in [1.165, 1.54) is 24.4 Å². The van der Waals surface area contributed by atoms with Crippen LogP contribution in [-0.4, -0.2) is 25.4 Å². The van der Waals surface area contributed by atoms with Gasteiger partial charge in [-0.05, 0) is 61.6 Å². The quantitative estimate of drug-likeness (QED) is 0.320. The second-order valence-corrected chi connectivity index (χ2v) is 9.45. The van der Waals surface area contributed by atoms with Crippen molar-refractivity contribution in [1.29, 1.82) is 0 Å². The fourth-order valence-corrected chi connectivity index (χ4v) is 4.75. The summed E-state index contributed by atoms with van der Waals surface area (Å²) < 4.78 is 74.7. The molecule has 0 atom stereocenters.